The number of pyridine rings is 1. The molecule has 5 heteroatoms. The van der Waals surface area contributed by atoms with Crippen molar-refractivity contribution in [3.05, 3.63) is 76.1 Å². The fourth-order valence-electron chi connectivity index (χ4n) is 4.19. The van der Waals surface area contributed by atoms with Gasteiger partial charge in [0.05, 0.1) is 6.54 Å². The molecular formula is C25H26N2O3. The second-order valence-electron chi connectivity index (χ2n) is 7.82. The van der Waals surface area contributed by atoms with Crippen LogP contribution in [0.5, 0.6) is 5.75 Å². The van der Waals surface area contributed by atoms with Gasteiger partial charge in [-0.2, -0.15) is 0 Å². The zero-order valence-electron chi connectivity index (χ0n) is 17.4. The lowest BCUT2D eigenvalue weighted by Gasteiger charge is -2.29. The molecular weight excluding hydrogens is 376 g/mol. The van der Waals surface area contributed by atoms with E-state index in [1.54, 1.807) is 7.11 Å². The molecule has 0 saturated carbocycles. The van der Waals surface area contributed by atoms with Crippen LogP contribution in [-0.2, 0) is 10.3 Å². The number of likely N-dealkylation sites (tertiary alicyclic amines) is 1. The quantitative estimate of drug-likeness (QED) is 0.637. The third-order valence-electron chi connectivity index (χ3n) is 5.91. The monoisotopic (exact) mass is 402 g/mol. The first-order valence-electron chi connectivity index (χ1n) is 10.1. The number of hydrogen-bond acceptors (Lipinski definition) is 4. The van der Waals surface area contributed by atoms with Crippen LogP contribution in [0.15, 0.2) is 59.4 Å². The van der Waals surface area contributed by atoms with Crippen LogP contribution in [0.25, 0.3) is 10.9 Å². The molecule has 1 saturated heterocycles. The lowest BCUT2D eigenvalue weighted by molar-refractivity contribution is -0.00512. The standard InChI is InChI=1S/C25H26N2O3/c1-4-13-27-14-12-25(17-27,29-3)21-6-5-7-22(16-21)30-18(2)19-8-10-23-20(15-19)9-11-24(28)26-23/h1,5-11,15-16,18H,12-14,17H2,2-3H3,(H,26,28). The number of nitrogens with one attached hydrogen (secondary N) is 1. The highest BCUT2D eigenvalue weighted by Gasteiger charge is 2.39. The molecule has 2 heterocycles. The van der Waals surface area contributed by atoms with E-state index in [0.29, 0.717) is 6.54 Å². The lowest BCUT2D eigenvalue weighted by atomic mass is 9.92. The van der Waals surface area contributed by atoms with Crippen LogP contribution in [0.4, 0.5) is 0 Å². The van der Waals surface area contributed by atoms with E-state index in [1.807, 2.05) is 43.3 Å². The van der Waals surface area contributed by atoms with Gasteiger partial charge in [0.1, 0.15) is 17.5 Å². The molecule has 0 amide bonds. The van der Waals surface area contributed by atoms with Gasteiger partial charge in [0.2, 0.25) is 5.56 Å². The minimum atomic E-state index is -0.367. The van der Waals surface area contributed by atoms with Crippen LogP contribution < -0.4 is 10.3 Å². The number of hydrogen-bond donors (Lipinski definition) is 1. The van der Waals surface area contributed by atoms with E-state index in [0.717, 1.165) is 47.3 Å². The Bertz CT molecular complexity index is 1150. The lowest BCUT2D eigenvalue weighted by Crippen LogP contribution is -2.33. The van der Waals surface area contributed by atoms with Crippen LogP contribution in [0.2, 0.25) is 0 Å². The summed E-state index contributed by atoms with van der Waals surface area (Å²) in [4.78, 5) is 16.6. The Labute approximate surface area is 176 Å². The normalized spacial score (nSPS) is 20.2. The highest BCUT2D eigenvalue weighted by molar-refractivity contribution is 5.79. The van der Waals surface area contributed by atoms with Crippen molar-refractivity contribution in [2.45, 2.75) is 25.0 Å². The molecule has 0 bridgehead atoms. The second-order valence-corrected chi connectivity index (χ2v) is 7.82. The van der Waals surface area contributed by atoms with E-state index >= 15 is 0 Å². The Morgan fingerprint density at radius 3 is 2.90 bits per heavy atom. The van der Waals surface area contributed by atoms with Crippen molar-refractivity contribution < 1.29 is 9.47 Å². The molecule has 30 heavy (non-hydrogen) atoms. The number of aromatic amines is 1. The number of benzene rings is 2. The predicted molar refractivity (Wildman–Crippen MR) is 119 cm³/mol. The molecule has 1 aliphatic rings. The molecule has 1 aliphatic heterocycles. The van der Waals surface area contributed by atoms with E-state index < -0.39 is 0 Å². The summed E-state index contributed by atoms with van der Waals surface area (Å²) < 4.78 is 12.2. The highest BCUT2D eigenvalue weighted by Crippen LogP contribution is 2.37. The summed E-state index contributed by atoms with van der Waals surface area (Å²) in [6.07, 6.45) is 6.24. The molecule has 3 aromatic rings. The van der Waals surface area contributed by atoms with Crippen LogP contribution in [0, 0.1) is 12.3 Å². The van der Waals surface area contributed by atoms with Crippen LogP contribution in [0.1, 0.15) is 30.6 Å². The average Bonchev–Trinajstić information content (AvgIpc) is 3.18. The van der Waals surface area contributed by atoms with Crippen LogP contribution >= 0.6 is 0 Å². The zero-order valence-corrected chi connectivity index (χ0v) is 17.4. The molecule has 1 aromatic heterocycles. The first kappa shape index (κ1) is 20.2. The summed E-state index contributed by atoms with van der Waals surface area (Å²) in [5.74, 6) is 3.52. The molecule has 0 aliphatic carbocycles. The Kier molecular flexibility index (Phi) is 5.63. The topological polar surface area (TPSA) is 54.6 Å². The van der Waals surface area contributed by atoms with Gasteiger partial charge in [0, 0.05) is 31.8 Å². The van der Waals surface area contributed by atoms with Crippen molar-refractivity contribution in [3.8, 4) is 18.1 Å². The molecule has 1 N–H and O–H groups in total. The molecule has 1 fully saturated rings. The SMILES string of the molecule is C#CCN1CCC(OC)(c2cccc(OC(C)c3ccc4[nH]c(=O)ccc4c3)c2)C1. The number of aromatic nitrogens is 1. The molecule has 0 radical (unpaired) electrons. The van der Waals surface area contributed by atoms with Crippen molar-refractivity contribution >= 4 is 10.9 Å². The second kappa shape index (κ2) is 8.35. The molecule has 2 aromatic carbocycles. The summed E-state index contributed by atoms with van der Waals surface area (Å²) in [6.45, 7) is 4.34. The largest absolute Gasteiger partial charge is 0.486 e. The third-order valence-corrected chi connectivity index (χ3v) is 5.91. The maximum atomic E-state index is 11.5. The maximum absolute atomic E-state index is 11.5. The third kappa shape index (κ3) is 3.97. The van der Waals surface area contributed by atoms with E-state index in [9.17, 15) is 4.79 Å². The molecule has 154 valence electrons. The first-order valence-corrected chi connectivity index (χ1v) is 10.1. The number of nitrogens with zero attached hydrogens (tertiary/aromatic N) is 1. The Balaban J connectivity index is 1.55. The fourth-order valence-corrected chi connectivity index (χ4v) is 4.19. The van der Waals surface area contributed by atoms with Crippen molar-refractivity contribution in [1.29, 1.82) is 0 Å². The summed E-state index contributed by atoms with van der Waals surface area (Å²) in [6, 6.07) is 17.4. The maximum Gasteiger partial charge on any atom is 0.248 e. The Hall–Kier alpha value is -3.07. The average molecular weight is 402 g/mol. The van der Waals surface area contributed by atoms with Crippen LogP contribution in [0.3, 0.4) is 0 Å². The van der Waals surface area contributed by atoms with Crippen LogP contribution in [-0.4, -0.2) is 36.6 Å². The molecule has 0 spiro atoms. The van der Waals surface area contributed by atoms with Crippen molar-refractivity contribution in [3.63, 3.8) is 0 Å². The Morgan fingerprint density at radius 2 is 2.10 bits per heavy atom. The minimum absolute atomic E-state index is 0.101. The van der Waals surface area contributed by atoms with Gasteiger partial charge in [0.15, 0.2) is 0 Å². The number of rotatable bonds is 6. The van der Waals surface area contributed by atoms with Gasteiger partial charge in [-0.25, -0.2) is 0 Å². The van der Waals surface area contributed by atoms with Gasteiger partial charge in [-0.1, -0.05) is 24.1 Å². The van der Waals surface area contributed by atoms with E-state index in [2.05, 4.69) is 27.9 Å². The molecule has 2 unspecified atom stereocenters. The van der Waals surface area contributed by atoms with Gasteiger partial charge >= 0.3 is 0 Å². The van der Waals surface area contributed by atoms with Gasteiger partial charge in [-0.3, -0.25) is 9.69 Å². The smallest absolute Gasteiger partial charge is 0.248 e. The number of terminal acetylenes is 1. The van der Waals surface area contributed by atoms with Gasteiger partial charge in [0.25, 0.3) is 0 Å². The van der Waals surface area contributed by atoms with E-state index in [4.69, 9.17) is 15.9 Å². The number of fused-ring (bicyclic) bond motifs is 1. The number of ether oxygens (including phenoxy) is 2. The van der Waals surface area contributed by atoms with Crippen molar-refractivity contribution in [2.24, 2.45) is 0 Å². The zero-order chi connectivity index (χ0) is 21.1. The van der Waals surface area contributed by atoms with Crippen molar-refractivity contribution in [1.82, 2.24) is 9.88 Å². The molecule has 5 nitrogen and oxygen atoms in total. The molecule has 4 rings (SSSR count). The molecule has 2 atom stereocenters. The predicted octanol–water partition coefficient (Wildman–Crippen LogP) is 3.85. The Morgan fingerprint density at radius 1 is 1.23 bits per heavy atom. The first-order chi connectivity index (χ1) is 14.5. The van der Waals surface area contributed by atoms with Crippen molar-refractivity contribution in [2.75, 3.05) is 26.7 Å². The van der Waals surface area contributed by atoms with Gasteiger partial charge in [-0.05, 0) is 60.2 Å². The minimum Gasteiger partial charge on any atom is -0.486 e. The van der Waals surface area contributed by atoms with Gasteiger partial charge < -0.3 is 14.5 Å². The fraction of sp³-hybridized carbons (Fsp3) is 0.320. The van der Waals surface area contributed by atoms with E-state index in [-0.39, 0.29) is 17.3 Å². The number of methoxy groups -OCH3 is 1. The highest BCUT2D eigenvalue weighted by atomic mass is 16.5. The number of H-pyrrole nitrogens is 1. The summed E-state index contributed by atoms with van der Waals surface area (Å²) in [5, 5.41) is 0.981. The summed E-state index contributed by atoms with van der Waals surface area (Å²) >= 11 is 0. The summed E-state index contributed by atoms with van der Waals surface area (Å²) in [7, 11) is 1.76. The van der Waals surface area contributed by atoms with E-state index in [1.165, 1.54) is 6.07 Å². The van der Waals surface area contributed by atoms with Gasteiger partial charge in [-0.15, -0.1) is 6.42 Å². The summed E-state index contributed by atoms with van der Waals surface area (Å²) in [5.41, 5.74) is 2.50.